The normalized spacial score (nSPS) is 15.0. The third-order valence-corrected chi connectivity index (χ3v) is 4.33. The number of aromatic nitrogens is 3. The Morgan fingerprint density at radius 2 is 1.88 bits per heavy atom. The van der Waals surface area contributed by atoms with E-state index in [2.05, 4.69) is 36.2 Å². The Balaban J connectivity index is 1.95. The van der Waals surface area contributed by atoms with Crippen molar-refractivity contribution in [3.05, 3.63) is 39.2 Å². The lowest BCUT2D eigenvalue weighted by Crippen LogP contribution is -2.26. The van der Waals surface area contributed by atoms with Gasteiger partial charge in [0.1, 0.15) is 12.1 Å². The van der Waals surface area contributed by atoms with E-state index in [1.165, 1.54) is 6.33 Å². The van der Waals surface area contributed by atoms with Gasteiger partial charge in [-0.25, -0.2) is 15.0 Å². The van der Waals surface area contributed by atoms with Crippen LogP contribution in [0.5, 0.6) is 0 Å². The van der Waals surface area contributed by atoms with Gasteiger partial charge in [0.05, 0.1) is 4.92 Å². The molecule has 2 aromatic rings. The Bertz CT molecular complexity index is 716. The zero-order valence-corrected chi connectivity index (χ0v) is 14.6. The standard InChI is InChI=1S/C15H17BrN6O2/c16-11-5-6-12(17-9-11)20-14-13(22(23)24)15(19-10-18-14)21-7-3-1-2-4-8-21/h5-6,9-10H,1-4,7-8H2,(H,17,18,19,20). The molecule has 24 heavy (non-hydrogen) atoms. The van der Waals surface area contributed by atoms with Gasteiger partial charge in [0.2, 0.25) is 11.6 Å². The zero-order chi connectivity index (χ0) is 16.9. The van der Waals surface area contributed by atoms with Crippen molar-refractivity contribution in [2.75, 3.05) is 23.3 Å². The van der Waals surface area contributed by atoms with Crippen molar-refractivity contribution in [2.24, 2.45) is 0 Å². The lowest BCUT2D eigenvalue weighted by atomic mass is 10.2. The van der Waals surface area contributed by atoms with Crippen molar-refractivity contribution in [1.82, 2.24) is 15.0 Å². The Hall–Kier alpha value is -2.29. The van der Waals surface area contributed by atoms with Crippen molar-refractivity contribution in [1.29, 1.82) is 0 Å². The molecule has 0 spiro atoms. The summed E-state index contributed by atoms with van der Waals surface area (Å²) in [5.41, 5.74) is -0.107. The molecular weight excluding hydrogens is 376 g/mol. The van der Waals surface area contributed by atoms with E-state index in [0.717, 1.165) is 43.2 Å². The van der Waals surface area contributed by atoms with E-state index in [1.54, 1.807) is 18.3 Å². The highest BCUT2D eigenvalue weighted by molar-refractivity contribution is 9.10. The maximum absolute atomic E-state index is 11.6. The van der Waals surface area contributed by atoms with Gasteiger partial charge in [-0.3, -0.25) is 10.1 Å². The van der Waals surface area contributed by atoms with Gasteiger partial charge in [-0.05, 0) is 40.9 Å². The summed E-state index contributed by atoms with van der Waals surface area (Å²) in [5, 5.41) is 14.6. The van der Waals surface area contributed by atoms with Crippen LogP contribution in [0.1, 0.15) is 25.7 Å². The second kappa shape index (κ2) is 7.52. The molecule has 1 saturated heterocycles. The maximum Gasteiger partial charge on any atom is 0.353 e. The average molecular weight is 393 g/mol. The van der Waals surface area contributed by atoms with E-state index in [-0.39, 0.29) is 11.5 Å². The highest BCUT2D eigenvalue weighted by Crippen LogP contribution is 2.34. The number of nitro groups is 1. The number of nitrogens with zero attached hydrogens (tertiary/aromatic N) is 5. The minimum Gasteiger partial charge on any atom is -0.351 e. The topological polar surface area (TPSA) is 97.1 Å². The summed E-state index contributed by atoms with van der Waals surface area (Å²) in [6.07, 6.45) is 7.28. The van der Waals surface area contributed by atoms with Crippen LogP contribution in [-0.2, 0) is 0 Å². The van der Waals surface area contributed by atoms with Gasteiger partial charge in [0, 0.05) is 23.8 Å². The highest BCUT2D eigenvalue weighted by atomic mass is 79.9. The maximum atomic E-state index is 11.6. The molecule has 2 aromatic heterocycles. The molecule has 1 N–H and O–H groups in total. The van der Waals surface area contributed by atoms with Crippen LogP contribution in [0.3, 0.4) is 0 Å². The fraction of sp³-hybridized carbons (Fsp3) is 0.400. The van der Waals surface area contributed by atoms with Gasteiger partial charge < -0.3 is 10.2 Å². The number of anilines is 3. The predicted molar refractivity (Wildman–Crippen MR) is 94.6 cm³/mol. The van der Waals surface area contributed by atoms with Gasteiger partial charge in [0.15, 0.2) is 0 Å². The van der Waals surface area contributed by atoms with Gasteiger partial charge >= 0.3 is 5.69 Å². The largest absolute Gasteiger partial charge is 0.353 e. The summed E-state index contributed by atoms with van der Waals surface area (Å²) in [5.74, 6) is 1.02. The van der Waals surface area contributed by atoms with Crippen LogP contribution in [0.25, 0.3) is 0 Å². The fourth-order valence-electron chi connectivity index (χ4n) is 2.71. The van der Waals surface area contributed by atoms with E-state index in [4.69, 9.17) is 0 Å². The molecule has 3 heterocycles. The fourth-order valence-corrected chi connectivity index (χ4v) is 2.95. The number of rotatable bonds is 4. The highest BCUT2D eigenvalue weighted by Gasteiger charge is 2.27. The van der Waals surface area contributed by atoms with Gasteiger partial charge in [-0.15, -0.1) is 0 Å². The number of hydrogen-bond donors (Lipinski definition) is 1. The first-order chi connectivity index (χ1) is 11.6. The summed E-state index contributed by atoms with van der Waals surface area (Å²) in [4.78, 5) is 25.6. The van der Waals surface area contributed by atoms with Gasteiger partial charge in [0.25, 0.3) is 0 Å². The van der Waals surface area contributed by atoms with E-state index in [0.29, 0.717) is 11.6 Å². The zero-order valence-electron chi connectivity index (χ0n) is 13.0. The molecule has 0 radical (unpaired) electrons. The lowest BCUT2D eigenvalue weighted by Gasteiger charge is -2.21. The smallest absolute Gasteiger partial charge is 0.351 e. The van der Waals surface area contributed by atoms with Crippen molar-refractivity contribution in [3.63, 3.8) is 0 Å². The van der Waals surface area contributed by atoms with Gasteiger partial charge in [-0.1, -0.05) is 12.8 Å². The molecule has 0 unspecified atom stereocenters. The van der Waals surface area contributed by atoms with Crippen LogP contribution in [0.15, 0.2) is 29.1 Å². The first-order valence-electron chi connectivity index (χ1n) is 7.78. The summed E-state index contributed by atoms with van der Waals surface area (Å²) < 4.78 is 0.829. The first kappa shape index (κ1) is 16.6. The number of pyridine rings is 1. The molecule has 0 bridgehead atoms. The Morgan fingerprint density at radius 3 is 2.50 bits per heavy atom. The van der Waals surface area contributed by atoms with Crippen LogP contribution in [0.2, 0.25) is 0 Å². The molecule has 0 aromatic carbocycles. The van der Waals surface area contributed by atoms with Crippen molar-refractivity contribution in [3.8, 4) is 0 Å². The molecule has 0 aliphatic carbocycles. The quantitative estimate of drug-likeness (QED) is 0.625. The molecule has 8 nitrogen and oxygen atoms in total. The molecular formula is C15H17BrN6O2. The van der Waals surface area contributed by atoms with Crippen LogP contribution < -0.4 is 10.2 Å². The van der Waals surface area contributed by atoms with E-state index in [1.807, 2.05) is 4.90 Å². The third-order valence-electron chi connectivity index (χ3n) is 3.86. The second-order valence-corrected chi connectivity index (χ2v) is 6.46. The minimum absolute atomic E-state index is 0.107. The minimum atomic E-state index is -0.429. The summed E-state index contributed by atoms with van der Waals surface area (Å²) in [6, 6.07) is 3.53. The summed E-state index contributed by atoms with van der Waals surface area (Å²) >= 11 is 3.31. The molecule has 9 heteroatoms. The molecule has 126 valence electrons. The van der Waals surface area contributed by atoms with Crippen molar-refractivity contribution >= 4 is 39.1 Å². The number of nitrogens with one attached hydrogen (secondary N) is 1. The number of hydrogen-bond acceptors (Lipinski definition) is 7. The van der Waals surface area contributed by atoms with Crippen LogP contribution in [0, 0.1) is 10.1 Å². The molecule has 1 aliphatic heterocycles. The average Bonchev–Trinajstić information content (AvgIpc) is 2.86. The Labute approximate surface area is 147 Å². The van der Waals surface area contributed by atoms with Gasteiger partial charge in [-0.2, -0.15) is 0 Å². The van der Waals surface area contributed by atoms with Crippen LogP contribution >= 0.6 is 15.9 Å². The van der Waals surface area contributed by atoms with Crippen molar-refractivity contribution in [2.45, 2.75) is 25.7 Å². The molecule has 0 saturated carbocycles. The summed E-state index contributed by atoms with van der Waals surface area (Å²) in [7, 11) is 0. The SMILES string of the molecule is O=[N+]([O-])c1c(Nc2ccc(Br)cn2)ncnc1N1CCCCCC1. The molecule has 0 amide bonds. The summed E-state index contributed by atoms with van der Waals surface area (Å²) in [6.45, 7) is 1.54. The van der Waals surface area contributed by atoms with E-state index >= 15 is 0 Å². The Morgan fingerprint density at radius 1 is 1.12 bits per heavy atom. The molecule has 1 fully saturated rings. The van der Waals surface area contributed by atoms with Crippen LogP contribution in [-0.4, -0.2) is 33.0 Å². The molecule has 0 atom stereocenters. The Kier molecular flexibility index (Phi) is 5.19. The molecule has 3 rings (SSSR count). The predicted octanol–water partition coefficient (Wildman–Crippen LogP) is 3.67. The first-order valence-corrected chi connectivity index (χ1v) is 8.57. The van der Waals surface area contributed by atoms with Crippen LogP contribution in [0.4, 0.5) is 23.1 Å². The van der Waals surface area contributed by atoms with E-state index in [9.17, 15) is 10.1 Å². The van der Waals surface area contributed by atoms with E-state index < -0.39 is 4.92 Å². The molecule has 1 aliphatic rings. The second-order valence-electron chi connectivity index (χ2n) is 5.54. The van der Waals surface area contributed by atoms with Crippen molar-refractivity contribution < 1.29 is 4.92 Å². The monoisotopic (exact) mass is 392 g/mol. The lowest BCUT2D eigenvalue weighted by molar-refractivity contribution is -0.383. The number of halogens is 1. The third kappa shape index (κ3) is 3.78.